The Morgan fingerprint density at radius 2 is 2.24 bits per heavy atom. The molecule has 0 aromatic heterocycles. The summed E-state index contributed by atoms with van der Waals surface area (Å²) < 4.78 is 42.6. The van der Waals surface area contributed by atoms with Crippen LogP contribution < -0.4 is 5.32 Å². The van der Waals surface area contributed by atoms with Crippen molar-refractivity contribution in [3.05, 3.63) is 29.6 Å². The van der Waals surface area contributed by atoms with Gasteiger partial charge in [-0.15, -0.1) is 0 Å². The molecule has 0 radical (unpaired) electrons. The third kappa shape index (κ3) is 2.48. The Kier molecular flexibility index (Phi) is 3.46. The van der Waals surface area contributed by atoms with E-state index in [-0.39, 0.29) is 11.4 Å². The molecule has 4 nitrogen and oxygen atoms in total. The fourth-order valence-electron chi connectivity index (χ4n) is 1.81. The molecule has 1 fully saturated rings. The minimum Gasteiger partial charge on any atom is -0.359 e. The lowest BCUT2D eigenvalue weighted by Gasteiger charge is -2.24. The first-order chi connectivity index (χ1) is 8.01. The molecular weight excluding hydrogens is 245 g/mol. The smallest absolute Gasteiger partial charge is 0.206 e. The third-order valence-corrected chi connectivity index (χ3v) is 4.75. The minimum atomic E-state index is -3.56. The fourth-order valence-corrected chi connectivity index (χ4v) is 3.48. The molecule has 0 aliphatic carbocycles. The monoisotopic (exact) mass is 259 g/mol. The van der Waals surface area contributed by atoms with Gasteiger partial charge in [0.15, 0.2) is 5.44 Å². The first-order valence-corrected chi connectivity index (χ1v) is 6.89. The van der Waals surface area contributed by atoms with Crippen molar-refractivity contribution in [3.63, 3.8) is 0 Å². The summed E-state index contributed by atoms with van der Waals surface area (Å²) in [5.41, 5.74) is -0.486. The number of hydrogen-bond acceptors (Lipinski definition) is 4. The zero-order valence-electron chi connectivity index (χ0n) is 9.44. The van der Waals surface area contributed by atoms with E-state index in [9.17, 15) is 12.8 Å². The number of hydrogen-bond donors (Lipinski definition) is 1. The van der Waals surface area contributed by atoms with Gasteiger partial charge in [-0.3, -0.25) is 0 Å². The summed E-state index contributed by atoms with van der Waals surface area (Å²) >= 11 is 0. The number of aryl methyl sites for hydroxylation is 1. The molecule has 1 aromatic carbocycles. The zero-order valence-corrected chi connectivity index (χ0v) is 10.3. The molecule has 17 heavy (non-hydrogen) atoms. The summed E-state index contributed by atoms with van der Waals surface area (Å²) in [6.07, 6.45) is 0. The normalized spacial score (nSPS) is 21.4. The van der Waals surface area contributed by atoms with Gasteiger partial charge < -0.3 is 10.1 Å². The Bertz CT molecular complexity index is 509. The van der Waals surface area contributed by atoms with Gasteiger partial charge in [0.2, 0.25) is 9.84 Å². The maximum absolute atomic E-state index is 12.9. The maximum Gasteiger partial charge on any atom is 0.206 e. The molecule has 1 unspecified atom stereocenters. The highest BCUT2D eigenvalue weighted by molar-refractivity contribution is 7.92. The first kappa shape index (κ1) is 12.5. The van der Waals surface area contributed by atoms with E-state index >= 15 is 0 Å². The highest BCUT2D eigenvalue weighted by atomic mass is 32.2. The molecule has 0 spiro atoms. The van der Waals surface area contributed by atoms with Crippen molar-refractivity contribution in [1.82, 2.24) is 5.32 Å². The topological polar surface area (TPSA) is 55.4 Å². The lowest BCUT2D eigenvalue weighted by molar-refractivity contribution is 0.0784. The first-order valence-electron chi connectivity index (χ1n) is 5.34. The summed E-state index contributed by atoms with van der Waals surface area (Å²) in [4.78, 5) is 0.132. The Morgan fingerprint density at radius 3 is 2.82 bits per heavy atom. The molecule has 0 saturated carbocycles. The van der Waals surface area contributed by atoms with Crippen molar-refractivity contribution in [2.45, 2.75) is 17.3 Å². The van der Waals surface area contributed by atoms with E-state index in [1.54, 1.807) is 6.92 Å². The van der Waals surface area contributed by atoms with Gasteiger partial charge in [-0.25, -0.2) is 12.8 Å². The van der Waals surface area contributed by atoms with Crippen LogP contribution in [0.5, 0.6) is 0 Å². The van der Waals surface area contributed by atoms with Gasteiger partial charge in [0.1, 0.15) is 5.82 Å². The summed E-state index contributed by atoms with van der Waals surface area (Å²) in [5, 5.41) is 2.96. The lowest BCUT2D eigenvalue weighted by atomic mass is 10.2. The minimum absolute atomic E-state index is 0.132. The Labute approximate surface area is 99.7 Å². The highest BCUT2D eigenvalue weighted by Crippen LogP contribution is 2.22. The Hall–Kier alpha value is -0.980. The standard InChI is InChI=1S/C11H14FNO3S/c1-8-6-9(12)2-3-10(8)17(14,15)11-7-13-4-5-16-11/h2-3,6,11,13H,4-5,7H2,1H3. The van der Waals surface area contributed by atoms with Crippen LogP contribution in [0.1, 0.15) is 5.56 Å². The largest absolute Gasteiger partial charge is 0.359 e. The quantitative estimate of drug-likeness (QED) is 0.800. The third-order valence-electron chi connectivity index (χ3n) is 2.68. The predicted molar refractivity (Wildman–Crippen MR) is 60.9 cm³/mol. The molecule has 1 heterocycles. The molecular formula is C11H14FNO3S. The molecule has 1 atom stereocenters. The zero-order chi connectivity index (χ0) is 12.5. The van der Waals surface area contributed by atoms with Crippen LogP contribution in [-0.2, 0) is 14.6 Å². The second kappa shape index (κ2) is 4.72. The molecule has 0 bridgehead atoms. The van der Waals surface area contributed by atoms with Gasteiger partial charge in [0.05, 0.1) is 11.5 Å². The number of nitrogens with one attached hydrogen (secondary N) is 1. The average Bonchev–Trinajstić information content (AvgIpc) is 2.29. The van der Waals surface area contributed by atoms with E-state index in [0.717, 1.165) is 6.07 Å². The van der Waals surface area contributed by atoms with Gasteiger partial charge in [-0.2, -0.15) is 0 Å². The number of ether oxygens (including phenoxy) is 1. The Balaban J connectivity index is 2.37. The van der Waals surface area contributed by atoms with Crippen molar-refractivity contribution in [3.8, 4) is 0 Å². The van der Waals surface area contributed by atoms with Gasteiger partial charge in [-0.05, 0) is 30.7 Å². The van der Waals surface area contributed by atoms with Crippen LogP contribution in [0.3, 0.4) is 0 Å². The molecule has 1 saturated heterocycles. The van der Waals surface area contributed by atoms with Crippen LogP contribution in [0.2, 0.25) is 0 Å². The molecule has 2 rings (SSSR count). The summed E-state index contributed by atoms with van der Waals surface area (Å²) in [6, 6.07) is 3.65. The SMILES string of the molecule is Cc1cc(F)ccc1S(=O)(=O)C1CNCCO1. The highest BCUT2D eigenvalue weighted by Gasteiger charge is 2.31. The Morgan fingerprint density at radius 1 is 1.47 bits per heavy atom. The fraction of sp³-hybridized carbons (Fsp3) is 0.455. The van der Waals surface area contributed by atoms with Crippen molar-refractivity contribution in [2.75, 3.05) is 19.7 Å². The summed E-state index contributed by atoms with van der Waals surface area (Å²) in [5.74, 6) is -0.441. The van der Waals surface area contributed by atoms with Gasteiger partial charge >= 0.3 is 0 Å². The number of sulfone groups is 1. The lowest BCUT2D eigenvalue weighted by Crippen LogP contribution is -2.43. The molecule has 1 aromatic rings. The van der Waals surface area contributed by atoms with Crippen LogP contribution in [0.4, 0.5) is 4.39 Å². The summed E-state index contributed by atoms with van der Waals surface area (Å²) in [7, 11) is -3.56. The van der Waals surface area contributed by atoms with Gasteiger partial charge in [0, 0.05) is 13.1 Å². The average molecular weight is 259 g/mol. The van der Waals surface area contributed by atoms with Crippen LogP contribution in [0.15, 0.2) is 23.1 Å². The number of morpholine rings is 1. The number of halogens is 1. The van der Waals surface area contributed by atoms with E-state index in [1.807, 2.05) is 0 Å². The maximum atomic E-state index is 12.9. The van der Waals surface area contributed by atoms with Gasteiger partial charge in [0.25, 0.3) is 0 Å². The second-order valence-corrected chi connectivity index (χ2v) is 6.01. The van der Waals surface area contributed by atoms with Crippen LogP contribution in [0, 0.1) is 12.7 Å². The van der Waals surface area contributed by atoms with Gasteiger partial charge in [-0.1, -0.05) is 0 Å². The molecule has 6 heteroatoms. The molecule has 1 aliphatic rings. The van der Waals surface area contributed by atoms with Crippen molar-refractivity contribution < 1.29 is 17.5 Å². The van der Waals surface area contributed by atoms with E-state index in [2.05, 4.69) is 5.32 Å². The van der Waals surface area contributed by atoms with E-state index in [0.29, 0.717) is 18.7 Å². The van der Waals surface area contributed by atoms with Crippen molar-refractivity contribution in [1.29, 1.82) is 0 Å². The molecule has 94 valence electrons. The van der Waals surface area contributed by atoms with Crippen LogP contribution >= 0.6 is 0 Å². The van der Waals surface area contributed by atoms with E-state index in [4.69, 9.17) is 4.74 Å². The van der Waals surface area contributed by atoms with E-state index in [1.165, 1.54) is 12.1 Å². The predicted octanol–water partition coefficient (Wildman–Crippen LogP) is 0.854. The van der Waals surface area contributed by atoms with Crippen LogP contribution in [-0.4, -0.2) is 33.6 Å². The molecule has 0 amide bonds. The number of rotatable bonds is 2. The second-order valence-electron chi connectivity index (χ2n) is 3.96. The number of benzene rings is 1. The molecule has 1 N–H and O–H groups in total. The van der Waals surface area contributed by atoms with E-state index < -0.39 is 21.1 Å². The van der Waals surface area contributed by atoms with Crippen LogP contribution in [0.25, 0.3) is 0 Å². The molecule has 1 aliphatic heterocycles. The van der Waals surface area contributed by atoms with Crippen molar-refractivity contribution in [2.24, 2.45) is 0 Å². The van der Waals surface area contributed by atoms with Crippen molar-refractivity contribution >= 4 is 9.84 Å². The summed E-state index contributed by atoms with van der Waals surface area (Å²) in [6.45, 7) is 2.85.